The van der Waals surface area contributed by atoms with Crippen LogP contribution in [0.2, 0.25) is 0 Å². The van der Waals surface area contributed by atoms with Gasteiger partial charge in [0.05, 0.1) is 11.1 Å². The molecule has 1 aliphatic heterocycles. The van der Waals surface area contributed by atoms with Gasteiger partial charge in [-0.05, 0) is 48.7 Å². The average Bonchev–Trinajstić information content (AvgIpc) is 3.01. The summed E-state index contributed by atoms with van der Waals surface area (Å²) < 4.78 is 7.40. The number of aryl methyl sites for hydroxylation is 1. The van der Waals surface area contributed by atoms with E-state index in [2.05, 4.69) is 21.3 Å². The van der Waals surface area contributed by atoms with E-state index >= 15 is 0 Å². The molecule has 0 spiro atoms. The number of carbonyl (C=O) groups excluding carboxylic acids is 1. The average molecular weight is 385 g/mol. The van der Waals surface area contributed by atoms with E-state index in [1.807, 2.05) is 4.57 Å². The fourth-order valence-corrected chi connectivity index (χ4v) is 3.28. The van der Waals surface area contributed by atoms with Gasteiger partial charge in [-0.25, -0.2) is 4.79 Å². The molecule has 7 heteroatoms. The first kappa shape index (κ1) is 18.6. The summed E-state index contributed by atoms with van der Waals surface area (Å²) in [6.45, 7) is 0.833. The predicted molar refractivity (Wildman–Crippen MR) is 107 cm³/mol. The Morgan fingerprint density at radius 1 is 1.14 bits per heavy atom. The number of carbonyl (C=O) groups is 1. The molecule has 4 rings (SSSR count). The second-order valence-electron chi connectivity index (χ2n) is 6.77. The number of esters is 1. The van der Waals surface area contributed by atoms with Crippen molar-refractivity contribution in [3.63, 3.8) is 0 Å². The number of rotatable bonds is 4. The minimum Gasteiger partial charge on any atom is -0.423 e. The molecule has 0 bridgehead atoms. The highest BCUT2D eigenvalue weighted by Crippen LogP contribution is 2.22. The maximum Gasteiger partial charge on any atom is 0.345 e. The van der Waals surface area contributed by atoms with Crippen LogP contribution in [0.5, 0.6) is 5.75 Å². The fourth-order valence-electron chi connectivity index (χ4n) is 3.28. The van der Waals surface area contributed by atoms with E-state index in [9.17, 15) is 10.1 Å². The van der Waals surface area contributed by atoms with Crippen LogP contribution in [0.4, 0.5) is 0 Å². The molecule has 0 unspecified atom stereocenters. The highest BCUT2D eigenvalue weighted by Gasteiger charge is 2.17. The number of nitrogens with zero attached hydrogens (tertiary/aromatic N) is 5. The number of pyridine rings is 1. The zero-order valence-corrected chi connectivity index (χ0v) is 15.8. The summed E-state index contributed by atoms with van der Waals surface area (Å²) in [4.78, 5) is 16.0. The summed E-state index contributed by atoms with van der Waals surface area (Å²) in [5.74, 6) is 1.50. The highest BCUT2D eigenvalue weighted by molar-refractivity contribution is 5.91. The lowest BCUT2D eigenvalue weighted by Crippen LogP contribution is -2.08. The Hall–Kier alpha value is -3.79. The van der Waals surface area contributed by atoms with Gasteiger partial charge in [-0.2, -0.15) is 5.26 Å². The van der Waals surface area contributed by atoms with Crippen molar-refractivity contribution in [2.75, 3.05) is 0 Å². The summed E-state index contributed by atoms with van der Waals surface area (Å²) in [5.41, 5.74) is 1.66. The van der Waals surface area contributed by atoms with Gasteiger partial charge in [0.15, 0.2) is 5.82 Å². The molecule has 144 valence electrons. The molecule has 0 aliphatic carbocycles. The van der Waals surface area contributed by atoms with Crippen LogP contribution in [0.25, 0.3) is 11.6 Å². The summed E-state index contributed by atoms with van der Waals surface area (Å²) in [5, 5.41) is 18.2. The van der Waals surface area contributed by atoms with Gasteiger partial charge in [0.25, 0.3) is 0 Å². The van der Waals surface area contributed by atoms with Crippen molar-refractivity contribution in [1.82, 2.24) is 19.7 Å². The third-order valence-corrected chi connectivity index (χ3v) is 4.77. The Morgan fingerprint density at radius 3 is 2.76 bits per heavy atom. The topological polar surface area (TPSA) is 93.7 Å². The van der Waals surface area contributed by atoms with Crippen LogP contribution in [0, 0.1) is 11.3 Å². The van der Waals surface area contributed by atoms with Crippen LogP contribution in [-0.4, -0.2) is 25.7 Å². The molecule has 29 heavy (non-hydrogen) atoms. The molecule has 0 saturated carbocycles. The number of nitriles is 1. The van der Waals surface area contributed by atoms with Crippen molar-refractivity contribution in [2.24, 2.45) is 0 Å². The number of ether oxygens (including phenoxy) is 1. The van der Waals surface area contributed by atoms with Crippen molar-refractivity contribution >= 4 is 17.6 Å². The van der Waals surface area contributed by atoms with E-state index in [-0.39, 0.29) is 0 Å². The maximum absolute atomic E-state index is 12.1. The molecule has 3 heterocycles. The van der Waals surface area contributed by atoms with Gasteiger partial charge in [0.1, 0.15) is 17.6 Å². The molecule has 2 aromatic heterocycles. The Bertz CT molecular complexity index is 1080. The molecule has 3 aromatic rings. The van der Waals surface area contributed by atoms with Gasteiger partial charge in [-0.3, -0.25) is 4.98 Å². The van der Waals surface area contributed by atoms with E-state index in [1.165, 1.54) is 6.20 Å². The third-order valence-electron chi connectivity index (χ3n) is 4.77. The molecule has 1 aliphatic rings. The lowest BCUT2D eigenvalue weighted by atomic mass is 10.1. The normalized spacial score (nSPS) is 13.8. The van der Waals surface area contributed by atoms with Gasteiger partial charge < -0.3 is 9.30 Å². The molecular formula is C22H19N5O2. The minimum absolute atomic E-state index is 0.385. The molecule has 0 atom stereocenters. The van der Waals surface area contributed by atoms with Crippen LogP contribution >= 0.6 is 0 Å². The van der Waals surface area contributed by atoms with E-state index in [0.717, 1.165) is 43.6 Å². The second kappa shape index (κ2) is 8.48. The standard InChI is InChI=1S/C22H19N5O2/c23-14-18(21-26-25-20-6-2-1-3-12-27(20)21)13-16-7-9-19(10-8-16)29-22(28)17-5-4-11-24-15-17/h4-5,7-11,13,15H,1-3,6,12H2/b18-13-. The fraction of sp³-hybridized carbons (Fsp3) is 0.227. The lowest BCUT2D eigenvalue weighted by Gasteiger charge is -2.06. The number of aromatic nitrogens is 4. The maximum atomic E-state index is 12.1. The first-order valence-electron chi connectivity index (χ1n) is 9.51. The number of fused-ring (bicyclic) bond motifs is 1. The van der Waals surface area contributed by atoms with Crippen LogP contribution in [0.15, 0.2) is 48.8 Å². The monoisotopic (exact) mass is 385 g/mol. The molecule has 0 fully saturated rings. The van der Waals surface area contributed by atoms with Crippen molar-refractivity contribution in [3.8, 4) is 11.8 Å². The lowest BCUT2D eigenvalue weighted by molar-refractivity contribution is 0.0734. The molecule has 7 nitrogen and oxygen atoms in total. The zero-order valence-electron chi connectivity index (χ0n) is 15.8. The highest BCUT2D eigenvalue weighted by atomic mass is 16.5. The summed E-state index contributed by atoms with van der Waals surface area (Å²) in [7, 11) is 0. The van der Waals surface area contributed by atoms with Gasteiger partial charge >= 0.3 is 5.97 Å². The summed E-state index contributed by atoms with van der Waals surface area (Å²) in [6, 6.07) is 12.5. The first-order valence-corrected chi connectivity index (χ1v) is 9.51. The molecule has 0 N–H and O–H groups in total. The van der Waals surface area contributed by atoms with Crippen LogP contribution in [0.1, 0.15) is 46.8 Å². The molecule has 0 saturated heterocycles. The van der Waals surface area contributed by atoms with Gasteiger partial charge in [-0.15, -0.1) is 10.2 Å². The second-order valence-corrected chi connectivity index (χ2v) is 6.77. The smallest absolute Gasteiger partial charge is 0.345 e. The van der Waals surface area contributed by atoms with Crippen molar-refractivity contribution < 1.29 is 9.53 Å². The van der Waals surface area contributed by atoms with Crippen molar-refractivity contribution in [2.45, 2.75) is 32.2 Å². The number of hydrogen-bond acceptors (Lipinski definition) is 6. The van der Waals surface area contributed by atoms with Crippen LogP contribution in [-0.2, 0) is 13.0 Å². The summed E-state index contributed by atoms with van der Waals surface area (Å²) >= 11 is 0. The molecular weight excluding hydrogens is 366 g/mol. The SMILES string of the molecule is N#C/C(=C/c1ccc(OC(=O)c2cccnc2)cc1)c1nnc2n1CCCCC2. The summed E-state index contributed by atoms with van der Waals surface area (Å²) in [6.07, 6.45) is 9.04. The van der Waals surface area contributed by atoms with Crippen molar-refractivity contribution in [1.29, 1.82) is 5.26 Å². The molecule has 1 aromatic carbocycles. The van der Waals surface area contributed by atoms with Crippen LogP contribution in [0.3, 0.4) is 0 Å². The quantitative estimate of drug-likeness (QED) is 0.386. The Labute approximate surface area is 168 Å². The van der Waals surface area contributed by atoms with Crippen molar-refractivity contribution in [3.05, 3.63) is 71.6 Å². The molecule has 0 amide bonds. The predicted octanol–water partition coefficient (Wildman–Crippen LogP) is 3.68. The van der Waals surface area contributed by atoms with Gasteiger partial charge in [0.2, 0.25) is 0 Å². The van der Waals surface area contributed by atoms with E-state index < -0.39 is 5.97 Å². The number of allylic oxidation sites excluding steroid dienone is 1. The first-order chi connectivity index (χ1) is 14.2. The van der Waals surface area contributed by atoms with E-state index in [4.69, 9.17) is 4.74 Å². The van der Waals surface area contributed by atoms with E-state index in [1.54, 1.807) is 48.7 Å². The minimum atomic E-state index is -0.467. The Balaban J connectivity index is 1.53. The van der Waals surface area contributed by atoms with Crippen LogP contribution < -0.4 is 4.74 Å². The number of benzene rings is 1. The molecule has 0 radical (unpaired) electrons. The zero-order chi connectivity index (χ0) is 20.1. The van der Waals surface area contributed by atoms with E-state index in [0.29, 0.717) is 22.7 Å². The Kier molecular flexibility index (Phi) is 5.43. The Morgan fingerprint density at radius 2 is 2.00 bits per heavy atom. The van der Waals surface area contributed by atoms with Gasteiger partial charge in [0, 0.05) is 25.4 Å². The largest absolute Gasteiger partial charge is 0.423 e. The third kappa shape index (κ3) is 4.22. The number of hydrogen-bond donors (Lipinski definition) is 0. The van der Waals surface area contributed by atoms with Gasteiger partial charge in [-0.1, -0.05) is 18.6 Å².